The van der Waals surface area contributed by atoms with Gasteiger partial charge in [-0.05, 0) is 33.6 Å². The summed E-state index contributed by atoms with van der Waals surface area (Å²) in [5, 5.41) is 0. The highest BCUT2D eigenvalue weighted by Crippen LogP contribution is 2.45. The van der Waals surface area contributed by atoms with Crippen LogP contribution < -0.4 is 0 Å². The Bertz CT molecular complexity index is 403. The molecule has 2 aliphatic rings. The molecule has 1 aliphatic heterocycles. The van der Waals surface area contributed by atoms with Crippen LogP contribution in [0.2, 0.25) is 0 Å². The first-order valence-electron chi connectivity index (χ1n) is 6.92. The number of fused-ring (bicyclic) bond motifs is 1. The van der Waals surface area contributed by atoms with Crippen molar-refractivity contribution in [1.82, 2.24) is 4.90 Å². The molecule has 4 atom stereocenters. The number of hydrogen-bond acceptors (Lipinski definition) is 5. The number of likely N-dealkylation sites (tertiary alicyclic amines) is 1. The normalized spacial score (nSPS) is 32.4. The van der Waals surface area contributed by atoms with Gasteiger partial charge in [0.15, 0.2) is 6.04 Å². The second-order valence-corrected chi connectivity index (χ2v) is 6.36. The molecular formula is C14H23NO5. The first-order valence-corrected chi connectivity index (χ1v) is 6.92. The standard InChI is InChI=1S/C14H23NO5/c1-14(2,3)20-13(17)15-9-7-6-8(9)11(18-4)10(15)12(16)19-5/h8-11H,6-7H2,1-5H3/t8-,9+,10+,11+/m0/s1. The van der Waals surface area contributed by atoms with Gasteiger partial charge in [0.1, 0.15) is 5.60 Å². The Morgan fingerprint density at radius 3 is 2.20 bits per heavy atom. The van der Waals surface area contributed by atoms with Gasteiger partial charge in [0.2, 0.25) is 0 Å². The smallest absolute Gasteiger partial charge is 0.411 e. The molecule has 2 fully saturated rings. The van der Waals surface area contributed by atoms with Crippen molar-refractivity contribution < 1.29 is 23.8 Å². The molecule has 6 heteroatoms. The number of carbonyl (C=O) groups excluding carboxylic acids is 2. The molecule has 114 valence electrons. The molecule has 6 nitrogen and oxygen atoms in total. The predicted octanol–water partition coefficient (Wildman–Crippen LogP) is 1.57. The van der Waals surface area contributed by atoms with Crippen LogP contribution in [-0.4, -0.2) is 55.0 Å². The van der Waals surface area contributed by atoms with Crippen molar-refractivity contribution in [1.29, 1.82) is 0 Å². The number of esters is 1. The van der Waals surface area contributed by atoms with Crippen LogP contribution in [0.5, 0.6) is 0 Å². The van der Waals surface area contributed by atoms with E-state index >= 15 is 0 Å². The maximum absolute atomic E-state index is 12.4. The van der Waals surface area contributed by atoms with Crippen molar-refractivity contribution in [2.75, 3.05) is 14.2 Å². The average molecular weight is 285 g/mol. The summed E-state index contributed by atoms with van der Waals surface area (Å²) in [6.07, 6.45) is 1.05. The van der Waals surface area contributed by atoms with Crippen molar-refractivity contribution in [3.63, 3.8) is 0 Å². The number of nitrogens with zero attached hydrogens (tertiary/aromatic N) is 1. The summed E-state index contributed by atoms with van der Waals surface area (Å²) in [6.45, 7) is 5.42. The molecule has 1 amide bonds. The summed E-state index contributed by atoms with van der Waals surface area (Å²) >= 11 is 0. The molecule has 1 saturated heterocycles. The first-order chi connectivity index (χ1) is 9.30. The van der Waals surface area contributed by atoms with E-state index in [4.69, 9.17) is 14.2 Å². The van der Waals surface area contributed by atoms with Crippen LogP contribution in [0.4, 0.5) is 4.79 Å². The molecule has 1 saturated carbocycles. The minimum atomic E-state index is -0.711. The van der Waals surface area contributed by atoms with Crippen molar-refractivity contribution >= 4 is 12.1 Å². The van der Waals surface area contributed by atoms with Crippen LogP contribution in [0.25, 0.3) is 0 Å². The lowest BCUT2D eigenvalue weighted by Gasteiger charge is -2.37. The molecule has 0 aromatic heterocycles. The molecule has 0 unspecified atom stereocenters. The van der Waals surface area contributed by atoms with Gasteiger partial charge in [-0.25, -0.2) is 9.59 Å². The molecule has 0 radical (unpaired) electrons. The van der Waals surface area contributed by atoms with Gasteiger partial charge in [0.25, 0.3) is 0 Å². The van der Waals surface area contributed by atoms with Crippen LogP contribution >= 0.6 is 0 Å². The Labute approximate surface area is 119 Å². The lowest BCUT2D eigenvalue weighted by atomic mass is 9.78. The number of hydrogen-bond donors (Lipinski definition) is 0. The molecule has 20 heavy (non-hydrogen) atoms. The van der Waals surface area contributed by atoms with Gasteiger partial charge in [-0.15, -0.1) is 0 Å². The highest BCUT2D eigenvalue weighted by molar-refractivity contribution is 5.83. The molecule has 0 N–H and O–H groups in total. The van der Waals surface area contributed by atoms with Gasteiger partial charge in [-0.2, -0.15) is 0 Å². The highest BCUT2D eigenvalue weighted by Gasteiger charge is 2.59. The van der Waals surface area contributed by atoms with E-state index in [9.17, 15) is 9.59 Å². The molecule has 0 aromatic carbocycles. The fourth-order valence-electron chi connectivity index (χ4n) is 3.07. The van der Waals surface area contributed by atoms with Gasteiger partial charge >= 0.3 is 12.1 Å². The number of ether oxygens (including phenoxy) is 3. The van der Waals surface area contributed by atoms with E-state index in [1.165, 1.54) is 12.0 Å². The van der Waals surface area contributed by atoms with E-state index in [0.29, 0.717) is 0 Å². The molecule has 1 heterocycles. The van der Waals surface area contributed by atoms with Gasteiger partial charge in [-0.3, -0.25) is 4.90 Å². The summed E-state index contributed by atoms with van der Waals surface area (Å²) in [4.78, 5) is 25.9. The van der Waals surface area contributed by atoms with E-state index < -0.39 is 23.7 Å². The molecular weight excluding hydrogens is 262 g/mol. The van der Waals surface area contributed by atoms with Crippen molar-refractivity contribution in [3.8, 4) is 0 Å². The molecule has 2 rings (SSSR count). The maximum atomic E-state index is 12.4. The monoisotopic (exact) mass is 285 g/mol. The van der Waals surface area contributed by atoms with E-state index in [1.807, 2.05) is 0 Å². The van der Waals surface area contributed by atoms with Gasteiger partial charge in [0.05, 0.1) is 13.2 Å². The number of carbonyl (C=O) groups is 2. The van der Waals surface area contributed by atoms with Crippen LogP contribution in [0.3, 0.4) is 0 Å². The fourth-order valence-corrected chi connectivity index (χ4v) is 3.07. The molecule has 0 spiro atoms. The third-order valence-electron chi connectivity index (χ3n) is 4.00. The Kier molecular flexibility index (Phi) is 3.95. The summed E-state index contributed by atoms with van der Waals surface area (Å²) in [6, 6.07) is -0.698. The number of rotatable bonds is 2. The summed E-state index contributed by atoms with van der Waals surface area (Å²) in [5.41, 5.74) is -0.595. The summed E-state index contributed by atoms with van der Waals surface area (Å²) in [7, 11) is 2.89. The lowest BCUT2D eigenvalue weighted by molar-refractivity contribution is -0.149. The molecule has 1 aliphatic carbocycles. The second-order valence-electron chi connectivity index (χ2n) is 6.36. The van der Waals surface area contributed by atoms with Crippen molar-refractivity contribution in [2.45, 2.75) is 57.4 Å². The summed E-state index contributed by atoms with van der Waals surface area (Å²) in [5.74, 6) is -0.256. The third-order valence-corrected chi connectivity index (χ3v) is 4.00. The van der Waals surface area contributed by atoms with Crippen LogP contribution in [-0.2, 0) is 19.0 Å². The first kappa shape index (κ1) is 15.1. The lowest BCUT2D eigenvalue weighted by Crippen LogP contribution is -2.50. The number of methoxy groups -OCH3 is 2. The fraction of sp³-hybridized carbons (Fsp3) is 0.857. The van der Waals surface area contributed by atoms with Crippen molar-refractivity contribution in [3.05, 3.63) is 0 Å². The zero-order chi connectivity index (χ0) is 15.1. The Morgan fingerprint density at radius 2 is 1.80 bits per heavy atom. The van der Waals surface area contributed by atoms with E-state index in [0.717, 1.165) is 12.8 Å². The third kappa shape index (κ3) is 2.49. The van der Waals surface area contributed by atoms with Crippen molar-refractivity contribution in [2.24, 2.45) is 5.92 Å². The van der Waals surface area contributed by atoms with E-state index in [2.05, 4.69) is 0 Å². The SMILES string of the molecule is COC(=O)[C@H]1[C@H](OC)[C@H]2CC[C@H]2N1C(=O)OC(C)(C)C. The summed E-state index contributed by atoms with van der Waals surface area (Å²) < 4.78 is 15.7. The average Bonchev–Trinajstić information content (AvgIpc) is 2.53. The molecule has 0 bridgehead atoms. The largest absolute Gasteiger partial charge is 0.467 e. The van der Waals surface area contributed by atoms with Crippen LogP contribution in [0.15, 0.2) is 0 Å². The van der Waals surface area contributed by atoms with E-state index in [1.54, 1.807) is 27.9 Å². The maximum Gasteiger partial charge on any atom is 0.411 e. The molecule has 0 aromatic rings. The van der Waals surface area contributed by atoms with Gasteiger partial charge in [-0.1, -0.05) is 0 Å². The Balaban J connectivity index is 2.24. The quantitative estimate of drug-likeness (QED) is 0.721. The number of amides is 1. The van der Waals surface area contributed by atoms with Gasteiger partial charge < -0.3 is 14.2 Å². The second kappa shape index (κ2) is 5.24. The minimum absolute atomic E-state index is 0.0129. The highest BCUT2D eigenvalue weighted by atomic mass is 16.6. The zero-order valence-corrected chi connectivity index (χ0v) is 12.7. The predicted molar refractivity (Wildman–Crippen MR) is 71.2 cm³/mol. The zero-order valence-electron chi connectivity index (χ0n) is 12.7. The van der Waals surface area contributed by atoms with Crippen LogP contribution in [0.1, 0.15) is 33.6 Å². The Hall–Kier alpha value is -1.30. The Morgan fingerprint density at radius 1 is 1.15 bits per heavy atom. The minimum Gasteiger partial charge on any atom is -0.467 e. The van der Waals surface area contributed by atoms with Gasteiger partial charge in [0, 0.05) is 19.1 Å². The topological polar surface area (TPSA) is 65.1 Å². The van der Waals surface area contributed by atoms with Crippen LogP contribution in [0, 0.1) is 5.92 Å². The van der Waals surface area contributed by atoms with E-state index in [-0.39, 0.29) is 18.1 Å².